The number of anilines is 1. The van der Waals surface area contributed by atoms with Crippen LogP contribution in [0, 0.1) is 0 Å². The van der Waals surface area contributed by atoms with E-state index in [1.54, 1.807) is 4.90 Å². The summed E-state index contributed by atoms with van der Waals surface area (Å²) in [4.78, 5) is 23.6. The smallest absolute Gasteiger partial charge is 0.335 e. The molecule has 25 heavy (non-hydrogen) atoms. The second-order valence-corrected chi connectivity index (χ2v) is 7.51. The molecule has 1 fully saturated rings. The summed E-state index contributed by atoms with van der Waals surface area (Å²) in [7, 11) is 0. The van der Waals surface area contributed by atoms with Gasteiger partial charge < -0.3 is 15.0 Å². The second kappa shape index (κ2) is 6.76. The summed E-state index contributed by atoms with van der Waals surface area (Å²) in [5.74, 6) is 6.55. The van der Waals surface area contributed by atoms with Crippen LogP contribution in [0.5, 0.6) is 0 Å². The Balaban J connectivity index is 1.78. The van der Waals surface area contributed by atoms with Crippen LogP contribution in [0.4, 0.5) is 10.7 Å². The van der Waals surface area contributed by atoms with Crippen LogP contribution in [0.15, 0.2) is 6.20 Å². The van der Waals surface area contributed by atoms with Crippen LogP contribution in [0.1, 0.15) is 51.8 Å². The molecule has 2 aliphatic rings. The Hall–Kier alpha value is -1.93. The molecule has 1 aromatic heterocycles. The lowest BCUT2D eigenvalue weighted by atomic mass is 9.97. The number of aromatic nitrogens is 2. The van der Waals surface area contributed by atoms with Crippen LogP contribution in [-0.2, 0) is 16.8 Å². The Morgan fingerprint density at radius 3 is 2.76 bits per heavy atom. The number of nitrogens with zero attached hydrogens (tertiary/aromatic N) is 4. The van der Waals surface area contributed by atoms with Gasteiger partial charge in [0.2, 0.25) is 5.95 Å². The Bertz CT molecular complexity index is 642. The average molecular weight is 348 g/mol. The van der Waals surface area contributed by atoms with E-state index in [1.165, 1.54) is 5.01 Å². The van der Waals surface area contributed by atoms with Gasteiger partial charge >= 0.3 is 6.03 Å². The molecule has 2 aliphatic heterocycles. The van der Waals surface area contributed by atoms with E-state index in [1.807, 2.05) is 33.9 Å². The summed E-state index contributed by atoms with van der Waals surface area (Å²) in [6.45, 7) is 9.75. The highest BCUT2D eigenvalue weighted by atomic mass is 16.5. The van der Waals surface area contributed by atoms with E-state index in [4.69, 9.17) is 10.6 Å². The predicted molar refractivity (Wildman–Crippen MR) is 94.6 cm³/mol. The molecule has 3 N–H and O–H groups in total. The fraction of sp³-hybridized carbons (Fsp3) is 0.706. The number of hydrazine groups is 1. The molecule has 8 heteroatoms. The molecular weight excluding hydrogens is 320 g/mol. The molecule has 0 aliphatic carbocycles. The molecule has 0 atom stereocenters. The second-order valence-electron chi connectivity index (χ2n) is 7.51. The van der Waals surface area contributed by atoms with Gasteiger partial charge in [0.15, 0.2) is 0 Å². The third kappa shape index (κ3) is 3.41. The Kier molecular flexibility index (Phi) is 4.83. The summed E-state index contributed by atoms with van der Waals surface area (Å²) in [6, 6.07) is 0.0696. The third-order valence-corrected chi connectivity index (χ3v) is 5.07. The number of hydrogen-bond acceptors (Lipinski definition) is 6. The fourth-order valence-corrected chi connectivity index (χ4v) is 3.30. The Morgan fingerprint density at radius 2 is 2.12 bits per heavy atom. The summed E-state index contributed by atoms with van der Waals surface area (Å²) in [6.07, 6.45) is 3.73. The SMILES string of the molecule is CC(C)N(N)C(=O)N1Cc2nc(NC3CCOCC3)ncc2C1(C)C. The van der Waals surface area contributed by atoms with E-state index in [2.05, 4.69) is 15.3 Å². The minimum absolute atomic E-state index is 0.0659. The summed E-state index contributed by atoms with van der Waals surface area (Å²) in [5, 5.41) is 4.65. The van der Waals surface area contributed by atoms with Gasteiger partial charge in [0.25, 0.3) is 0 Å². The molecular formula is C17H28N6O2. The number of amides is 2. The molecule has 0 radical (unpaired) electrons. The molecule has 0 unspecified atom stereocenters. The van der Waals surface area contributed by atoms with Gasteiger partial charge in [0, 0.05) is 37.1 Å². The van der Waals surface area contributed by atoms with Crippen LogP contribution in [0.2, 0.25) is 0 Å². The highest BCUT2D eigenvalue weighted by Gasteiger charge is 2.43. The number of carbonyl (C=O) groups excluding carboxylic acids is 1. The van der Waals surface area contributed by atoms with E-state index in [9.17, 15) is 4.79 Å². The number of urea groups is 1. The molecule has 1 saturated heterocycles. The van der Waals surface area contributed by atoms with Crippen molar-refractivity contribution in [2.75, 3.05) is 18.5 Å². The summed E-state index contributed by atoms with van der Waals surface area (Å²) < 4.78 is 5.38. The maximum absolute atomic E-state index is 12.7. The number of carbonyl (C=O) groups is 1. The predicted octanol–water partition coefficient (Wildman–Crippen LogP) is 1.82. The van der Waals surface area contributed by atoms with E-state index in [0.717, 1.165) is 37.3 Å². The van der Waals surface area contributed by atoms with Crippen LogP contribution in [0.25, 0.3) is 0 Å². The minimum atomic E-state index is -0.490. The first-order valence-corrected chi connectivity index (χ1v) is 8.87. The number of hydrogen-bond donors (Lipinski definition) is 2. The van der Waals surface area contributed by atoms with Crippen LogP contribution in [-0.4, -0.2) is 51.2 Å². The molecule has 0 aromatic carbocycles. The normalized spacial score (nSPS) is 19.8. The quantitative estimate of drug-likeness (QED) is 0.491. The number of fused-ring (bicyclic) bond motifs is 1. The van der Waals surface area contributed by atoms with Crippen molar-refractivity contribution >= 4 is 12.0 Å². The lowest BCUT2D eigenvalue weighted by molar-refractivity contribution is 0.0903. The van der Waals surface area contributed by atoms with Gasteiger partial charge in [0.05, 0.1) is 17.8 Å². The van der Waals surface area contributed by atoms with Gasteiger partial charge in [-0.2, -0.15) is 0 Å². The molecule has 0 bridgehead atoms. The maximum Gasteiger partial charge on any atom is 0.335 e. The number of nitrogens with one attached hydrogen (secondary N) is 1. The monoisotopic (exact) mass is 348 g/mol. The zero-order chi connectivity index (χ0) is 18.2. The van der Waals surface area contributed by atoms with Crippen molar-refractivity contribution in [1.82, 2.24) is 19.9 Å². The Morgan fingerprint density at radius 1 is 1.44 bits per heavy atom. The van der Waals surface area contributed by atoms with Gasteiger partial charge in [-0.05, 0) is 40.5 Å². The lowest BCUT2D eigenvalue weighted by Crippen LogP contribution is -2.53. The zero-order valence-corrected chi connectivity index (χ0v) is 15.5. The third-order valence-electron chi connectivity index (χ3n) is 5.07. The van der Waals surface area contributed by atoms with Crippen molar-refractivity contribution in [3.63, 3.8) is 0 Å². The lowest BCUT2D eigenvalue weighted by Gasteiger charge is -2.35. The van der Waals surface area contributed by atoms with Gasteiger partial charge in [0.1, 0.15) is 0 Å². The first kappa shape index (κ1) is 17.9. The molecule has 8 nitrogen and oxygen atoms in total. The molecule has 1 aromatic rings. The van der Waals surface area contributed by atoms with Gasteiger partial charge in [-0.15, -0.1) is 0 Å². The highest BCUT2D eigenvalue weighted by Crippen LogP contribution is 2.38. The summed E-state index contributed by atoms with van der Waals surface area (Å²) in [5.41, 5.74) is 1.35. The van der Waals surface area contributed by atoms with Crippen LogP contribution >= 0.6 is 0 Å². The van der Waals surface area contributed by atoms with Crippen LogP contribution < -0.4 is 11.2 Å². The average Bonchev–Trinajstić information content (AvgIpc) is 2.85. The van der Waals surface area contributed by atoms with E-state index in [0.29, 0.717) is 18.5 Å². The van der Waals surface area contributed by atoms with Crippen LogP contribution in [0.3, 0.4) is 0 Å². The first-order chi connectivity index (χ1) is 11.8. The number of nitrogens with two attached hydrogens (primary N) is 1. The molecule has 3 heterocycles. The van der Waals surface area contributed by atoms with E-state index >= 15 is 0 Å². The molecule has 0 spiro atoms. The molecule has 3 rings (SSSR count). The number of rotatable bonds is 3. The zero-order valence-electron chi connectivity index (χ0n) is 15.5. The van der Waals surface area contributed by atoms with Gasteiger partial charge in [-0.3, -0.25) is 5.01 Å². The summed E-state index contributed by atoms with van der Waals surface area (Å²) >= 11 is 0. The van der Waals surface area contributed by atoms with Crippen molar-refractivity contribution in [2.24, 2.45) is 5.84 Å². The molecule has 2 amide bonds. The van der Waals surface area contributed by atoms with Crippen molar-refractivity contribution < 1.29 is 9.53 Å². The minimum Gasteiger partial charge on any atom is -0.381 e. The van der Waals surface area contributed by atoms with Crippen molar-refractivity contribution in [3.05, 3.63) is 17.5 Å². The highest BCUT2D eigenvalue weighted by molar-refractivity contribution is 5.76. The molecule has 0 saturated carbocycles. The van der Waals surface area contributed by atoms with E-state index in [-0.39, 0.29) is 12.1 Å². The topological polar surface area (TPSA) is 96.6 Å². The fourth-order valence-electron chi connectivity index (χ4n) is 3.30. The number of ether oxygens (including phenoxy) is 1. The Labute approximate surface area is 148 Å². The van der Waals surface area contributed by atoms with Gasteiger partial charge in [-0.1, -0.05) is 0 Å². The van der Waals surface area contributed by atoms with Crippen molar-refractivity contribution in [2.45, 2.75) is 64.7 Å². The van der Waals surface area contributed by atoms with Crippen molar-refractivity contribution in [1.29, 1.82) is 0 Å². The largest absolute Gasteiger partial charge is 0.381 e. The molecule has 138 valence electrons. The van der Waals surface area contributed by atoms with E-state index < -0.39 is 5.54 Å². The van der Waals surface area contributed by atoms with Crippen molar-refractivity contribution in [3.8, 4) is 0 Å². The standard InChI is InChI=1S/C17H28N6O2/c1-11(2)23(18)16(24)22-10-14-13(17(22,3)4)9-19-15(21-14)20-12-5-7-25-8-6-12/h9,11-12H,5-8,10,18H2,1-4H3,(H,19,20,21). The first-order valence-electron chi connectivity index (χ1n) is 8.87. The maximum atomic E-state index is 12.7. The van der Waals surface area contributed by atoms with Gasteiger partial charge in [-0.25, -0.2) is 20.6 Å².